The van der Waals surface area contributed by atoms with Crippen molar-refractivity contribution in [3.05, 3.63) is 35.3 Å². The lowest BCUT2D eigenvalue weighted by Gasteiger charge is -2.22. The van der Waals surface area contributed by atoms with Crippen LogP contribution in [-0.2, 0) is 9.47 Å². The molecule has 6 nitrogen and oxygen atoms in total. The van der Waals surface area contributed by atoms with Crippen LogP contribution >= 0.6 is 0 Å². The fraction of sp³-hybridized carbons (Fsp3) is 0.500. The number of nitrogens with one attached hydrogen (secondary N) is 1. The third kappa shape index (κ3) is 4.99. The van der Waals surface area contributed by atoms with Crippen LogP contribution in [0.5, 0.6) is 0 Å². The van der Waals surface area contributed by atoms with E-state index in [4.69, 9.17) is 9.47 Å². The molecule has 1 amide bonds. The molecule has 148 valence electrons. The molecule has 0 aliphatic rings. The van der Waals surface area contributed by atoms with Gasteiger partial charge in [-0.05, 0) is 65.3 Å². The zero-order chi connectivity index (χ0) is 20.4. The summed E-state index contributed by atoms with van der Waals surface area (Å²) in [6.45, 7) is 11.1. The third-order valence-corrected chi connectivity index (χ3v) is 3.99. The summed E-state index contributed by atoms with van der Waals surface area (Å²) < 4.78 is 26.1. The smallest absolute Gasteiger partial charge is 0.407 e. The van der Waals surface area contributed by atoms with Crippen molar-refractivity contribution in [2.24, 2.45) is 0 Å². The van der Waals surface area contributed by atoms with Gasteiger partial charge in [0, 0.05) is 23.5 Å². The van der Waals surface area contributed by atoms with Crippen LogP contribution in [0.25, 0.3) is 10.9 Å². The number of esters is 1. The van der Waals surface area contributed by atoms with Crippen LogP contribution in [0.1, 0.15) is 56.7 Å². The second kappa shape index (κ2) is 7.98. The van der Waals surface area contributed by atoms with Gasteiger partial charge >= 0.3 is 12.1 Å². The summed E-state index contributed by atoms with van der Waals surface area (Å²) in [5, 5.41) is 3.31. The minimum Gasteiger partial charge on any atom is -0.461 e. The molecule has 0 aliphatic heterocycles. The normalized spacial score (nSPS) is 12.7. The number of ether oxygens (including phenoxy) is 2. The van der Waals surface area contributed by atoms with E-state index in [0.717, 1.165) is 0 Å². The molecule has 1 aromatic carbocycles. The van der Waals surface area contributed by atoms with Crippen molar-refractivity contribution in [2.75, 3.05) is 13.2 Å². The highest BCUT2D eigenvalue weighted by molar-refractivity contribution is 5.96. The standard InChI is InChI=1S/C20H27FN2O4/c1-7-26-18(24)17-10-14-9-15(21)12(2)8-16(14)23(17)13(3)11-22-19(25)27-20(4,5)6/h8-10,13H,7,11H2,1-6H3,(H,22,25). The molecular weight excluding hydrogens is 351 g/mol. The first-order chi connectivity index (χ1) is 12.5. The number of hydrogen-bond acceptors (Lipinski definition) is 4. The number of nitrogens with zero attached hydrogens (tertiary/aromatic N) is 1. The molecule has 2 rings (SSSR count). The monoisotopic (exact) mass is 378 g/mol. The fourth-order valence-corrected chi connectivity index (χ4v) is 2.83. The summed E-state index contributed by atoms with van der Waals surface area (Å²) in [6.07, 6.45) is -0.536. The summed E-state index contributed by atoms with van der Waals surface area (Å²) in [5.74, 6) is -0.828. The number of amides is 1. The van der Waals surface area contributed by atoms with Gasteiger partial charge in [-0.2, -0.15) is 0 Å². The number of hydrogen-bond donors (Lipinski definition) is 1. The molecule has 7 heteroatoms. The zero-order valence-corrected chi connectivity index (χ0v) is 16.7. The van der Waals surface area contributed by atoms with E-state index in [1.54, 1.807) is 51.3 Å². The maximum absolute atomic E-state index is 14.0. The molecule has 2 aromatic rings. The maximum atomic E-state index is 14.0. The van der Waals surface area contributed by atoms with E-state index in [-0.39, 0.29) is 25.0 Å². The predicted octanol–water partition coefficient (Wildman–Crippen LogP) is 4.35. The average Bonchev–Trinajstić information content (AvgIpc) is 2.90. The van der Waals surface area contributed by atoms with E-state index >= 15 is 0 Å². The number of halogens is 1. The fourth-order valence-electron chi connectivity index (χ4n) is 2.83. The van der Waals surface area contributed by atoms with Gasteiger partial charge in [-0.3, -0.25) is 0 Å². The highest BCUT2D eigenvalue weighted by Crippen LogP contribution is 2.27. The van der Waals surface area contributed by atoms with Gasteiger partial charge in [0.15, 0.2) is 0 Å². The molecule has 1 heterocycles. The molecule has 0 spiro atoms. The number of fused-ring (bicyclic) bond motifs is 1. The van der Waals surface area contributed by atoms with Crippen LogP contribution < -0.4 is 5.32 Å². The summed E-state index contributed by atoms with van der Waals surface area (Å²) in [6, 6.07) is 4.43. The Balaban J connectivity index is 2.36. The van der Waals surface area contributed by atoms with Gasteiger partial charge in [-0.15, -0.1) is 0 Å². The summed E-state index contributed by atoms with van der Waals surface area (Å²) in [5.41, 5.74) is 0.897. The van der Waals surface area contributed by atoms with Crippen LogP contribution in [0.2, 0.25) is 0 Å². The molecule has 0 fully saturated rings. The van der Waals surface area contributed by atoms with Crippen LogP contribution in [0.15, 0.2) is 18.2 Å². The van der Waals surface area contributed by atoms with Crippen LogP contribution in [0.4, 0.5) is 9.18 Å². The number of carbonyl (C=O) groups excluding carboxylic acids is 2. The van der Waals surface area contributed by atoms with Crippen LogP contribution in [0.3, 0.4) is 0 Å². The van der Waals surface area contributed by atoms with Crippen molar-refractivity contribution in [2.45, 2.75) is 53.2 Å². The Labute approximate surface area is 158 Å². The molecule has 1 atom stereocenters. The minimum atomic E-state index is -0.599. The van der Waals surface area contributed by atoms with Gasteiger partial charge in [-0.25, -0.2) is 14.0 Å². The average molecular weight is 378 g/mol. The molecule has 1 N–H and O–H groups in total. The van der Waals surface area contributed by atoms with E-state index in [9.17, 15) is 14.0 Å². The van der Waals surface area contributed by atoms with Crippen molar-refractivity contribution >= 4 is 23.0 Å². The second-order valence-corrected chi connectivity index (χ2v) is 7.51. The van der Waals surface area contributed by atoms with Crippen molar-refractivity contribution < 1.29 is 23.5 Å². The van der Waals surface area contributed by atoms with Crippen LogP contribution in [0, 0.1) is 12.7 Å². The molecule has 0 saturated heterocycles. The molecule has 27 heavy (non-hydrogen) atoms. The number of aromatic nitrogens is 1. The SMILES string of the molecule is CCOC(=O)c1cc2cc(F)c(C)cc2n1C(C)CNC(=O)OC(C)(C)C. The van der Waals surface area contributed by atoms with Gasteiger partial charge in [0.1, 0.15) is 17.1 Å². The van der Waals surface area contributed by atoms with Gasteiger partial charge in [0.25, 0.3) is 0 Å². The number of aryl methyl sites for hydroxylation is 1. The Morgan fingerprint density at radius 1 is 1.26 bits per heavy atom. The topological polar surface area (TPSA) is 69.6 Å². The summed E-state index contributed by atoms with van der Waals surface area (Å²) in [4.78, 5) is 24.3. The third-order valence-electron chi connectivity index (χ3n) is 3.99. The predicted molar refractivity (Wildman–Crippen MR) is 102 cm³/mol. The van der Waals surface area contributed by atoms with Crippen molar-refractivity contribution in [1.29, 1.82) is 0 Å². The highest BCUT2D eigenvalue weighted by atomic mass is 19.1. The van der Waals surface area contributed by atoms with Crippen LogP contribution in [-0.4, -0.2) is 35.4 Å². The van der Waals surface area contributed by atoms with Gasteiger partial charge < -0.3 is 19.4 Å². The largest absolute Gasteiger partial charge is 0.461 e. The second-order valence-electron chi connectivity index (χ2n) is 7.51. The number of alkyl carbamates (subject to hydrolysis) is 1. The highest BCUT2D eigenvalue weighted by Gasteiger charge is 2.23. The van der Waals surface area contributed by atoms with Crippen molar-refractivity contribution in [3.8, 4) is 0 Å². The molecule has 0 radical (unpaired) electrons. The Morgan fingerprint density at radius 2 is 1.93 bits per heavy atom. The molecule has 1 aromatic heterocycles. The lowest BCUT2D eigenvalue weighted by Crippen LogP contribution is -2.35. The zero-order valence-electron chi connectivity index (χ0n) is 16.7. The summed E-state index contributed by atoms with van der Waals surface area (Å²) >= 11 is 0. The quantitative estimate of drug-likeness (QED) is 0.785. The molecule has 1 unspecified atom stereocenters. The van der Waals surface area contributed by atoms with Gasteiger partial charge in [-0.1, -0.05) is 0 Å². The first-order valence-corrected chi connectivity index (χ1v) is 8.98. The molecule has 0 aliphatic carbocycles. The Bertz CT molecular complexity index is 852. The van der Waals surface area contributed by atoms with E-state index < -0.39 is 17.7 Å². The Morgan fingerprint density at radius 3 is 2.52 bits per heavy atom. The van der Waals surface area contributed by atoms with Crippen molar-refractivity contribution in [1.82, 2.24) is 9.88 Å². The molecule has 0 bridgehead atoms. The number of carbonyl (C=O) groups is 2. The van der Waals surface area contributed by atoms with E-state index in [1.807, 2.05) is 6.92 Å². The Kier molecular flexibility index (Phi) is 6.13. The number of benzene rings is 1. The van der Waals surface area contributed by atoms with E-state index in [2.05, 4.69) is 5.32 Å². The lowest BCUT2D eigenvalue weighted by molar-refractivity contribution is 0.0512. The minimum absolute atomic E-state index is 0.234. The van der Waals surface area contributed by atoms with E-state index in [0.29, 0.717) is 22.2 Å². The first kappa shape index (κ1) is 20.7. The lowest BCUT2D eigenvalue weighted by atomic mass is 10.1. The maximum Gasteiger partial charge on any atom is 0.407 e. The first-order valence-electron chi connectivity index (χ1n) is 8.98. The van der Waals surface area contributed by atoms with E-state index in [1.165, 1.54) is 6.07 Å². The van der Waals surface area contributed by atoms with Gasteiger partial charge in [0.05, 0.1) is 6.61 Å². The molecular formula is C20H27FN2O4. The summed E-state index contributed by atoms with van der Waals surface area (Å²) in [7, 11) is 0. The molecule has 0 saturated carbocycles. The number of rotatable bonds is 5. The van der Waals surface area contributed by atoms with Crippen molar-refractivity contribution in [3.63, 3.8) is 0 Å². The Hall–Kier alpha value is -2.57. The van der Waals surface area contributed by atoms with Gasteiger partial charge in [0.2, 0.25) is 0 Å².